The van der Waals surface area contributed by atoms with Gasteiger partial charge in [0.15, 0.2) is 6.23 Å². The summed E-state index contributed by atoms with van der Waals surface area (Å²) in [5, 5.41) is 0. The largest absolute Gasteiger partial charge is 0.437 e. The van der Waals surface area contributed by atoms with Crippen molar-refractivity contribution in [2.75, 3.05) is 7.05 Å². The van der Waals surface area contributed by atoms with Crippen LogP contribution in [0, 0.1) is 11.8 Å². The summed E-state index contributed by atoms with van der Waals surface area (Å²) in [5.41, 5.74) is 0.732. The molecule has 88 valence electrons. The van der Waals surface area contributed by atoms with Crippen molar-refractivity contribution in [2.45, 2.75) is 32.9 Å². The summed E-state index contributed by atoms with van der Waals surface area (Å²) in [6.45, 7) is 3.92. The molecule has 1 aliphatic carbocycles. The molecule has 2 rings (SSSR count). The van der Waals surface area contributed by atoms with Crippen molar-refractivity contribution in [3.8, 4) is 0 Å². The summed E-state index contributed by atoms with van der Waals surface area (Å²) in [5.74, 6) is 0.0223. The van der Waals surface area contributed by atoms with Crippen LogP contribution in [0.25, 0.3) is 0 Å². The van der Waals surface area contributed by atoms with Gasteiger partial charge in [-0.15, -0.1) is 0 Å². The summed E-state index contributed by atoms with van der Waals surface area (Å²) in [7, 11) is 1.67. The fourth-order valence-corrected chi connectivity index (χ4v) is 1.74. The van der Waals surface area contributed by atoms with Gasteiger partial charge in [0.1, 0.15) is 0 Å². The Morgan fingerprint density at radius 3 is 2.56 bits per heavy atom. The van der Waals surface area contributed by atoms with Crippen LogP contribution in [0.1, 0.15) is 26.7 Å². The molecule has 1 saturated carbocycles. The monoisotopic (exact) mass is 223 g/mol. The number of likely N-dealkylation sites (N-methyl/N-ethyl adjacent to an activating group) is 1. The van der Waals surface area contributed by atoms with Gasteiger partial charge in [0.05, 0.1) is 5.92 Å². The third kappa shape index (κ3) is 1.96. The van der Waals surface area contributed by atoms with Crippen LogP contribution in [-0.4, -0.2) is 30.1 Å². The topological polar surface area (TPSA) is 46.6 Å². The summed E-state index contributed by atoms with van der Waals surface area (Å²) in [6.07, 6.45) is 3.10. The number of ether oxygens (including phenoxy) is 1. The predicted octanol–water partition coefficient (Wildman–Crippen LogP) is 1.32. The van der Waals surface area contributed by atoms with E-state index in [1.54, 1.807) is 13.1 Å². The molecule has 0 bridgehead atoms. The van der Waals surface area contributed by atoms with Crippen LogP contribution in [0.3, 0.4) is 0 Å². The molecule has 16 heavy (non-hydrogen) atoms. The van der Waals surface area contributed by atoms with Crippen LogP contribution >= 0.6 is 0 Å². The minimum absolute atomic E-state index is 0.0383. The van der Waals surface area contributed by atoms with Crippen LogP contribution < -0.4 is 0 Å². The first-order chi connectivity index (χ1) is 7.50. The van der Waals surface area contributed by atoms with Gasteiger partial charge in [-0.2, -0.15) is 0 Å². The Morgan fingerprint density at radius 1 is 1.50 bits per heavy atom. The number of nitrogens with zero attached hydrogens (tertiary/aromatic N) is 1. The highest BCUT2D eigenvalue weighted by atomic mass is 16.6. The van der Waals surface area contributed by atoms with Crippen molar-refractivity contribution < 1.29 is 14.3 Å². The molecule has 1 aliphatic heterocycles. The molecule has 4 heteroatoms. The maximum Gasteiger partial charge on any atom is 0.311 e. The van der Waals surface area contributed by atoms with E-state index in [4.69, 9.17) is 4.74 Å². The number of rotatable bonds is 3. The second kappa shape index (κ2) is 3.92. The van der Waals surface area contributed by atoms with E-state index in [2.05, 4.69) is 0 Å². The molecule has 0 spiro atoms. The van der Waals surface area contributed by atoms with E-state index in [0.29, 0.717) is 0 Å². The average Bonchev–Trinajstić information content (AvgIpc) is 3.01. The van der Waals surface area contributed by atoms with Crippen LogP contribution in [-0.2, 0) is 14.3 Å². The van der Waals surface area contributed by atoms with Gasteiger partial charge in [0, 0.05) is 12.6 Å². The molecule has 2 aliphatic rings. The molecule has 0 aromatic heterocycles. The van der Waals surface area contributed by atoms with E-state index in [-0.39, 0.29) is 23.7 Å². The third-order valence-corrected chi connectivity index (χ3v) is 3.04. The minimum Gasteiger partial charge on any atom is -0.437 e. The number of hydrogen-bond donors (Lipinski definition) is 0. The Hall–Kier alpha value is -1.32. The summed E-state index contributed by atoms with van der Waals surface area (Å²) in [6, 6.07) is 0. The number of amides is 1. The lowest BCUT2D eigenvalue weighted by molar-refractivity contribution is -0.157. The quantitative estimate of drug-likeness (QED) is 0.678. The Morgan fingerprint density at radius 2 is 2.12 bits per heavy atom. The van der Waals surface area contributed by atoms with Crippen molar-refractivity contribution in [2.24, 2.45) is 11.8 Å². The van der Waals surface area contributed by atoms with Crippen molar-refractivity contribution >= 4 is 11.9 Å². The zero-order valence-corrected chi connectivity index (χ0v) is 9.90. The van der Waals surface area contributed by atoms with Gasteiger partial charge in [0.25, 0.3) is 5.91 Å². The zero-order valence-electron chi connectivity index (χ0n) is 9.90. The van der Waals surface area contributed by atoms with E-state index in [1.807, 2.05) is 13.8 Å². The lowest BCUT2D eigenvalue weighted by atomic mass is 10.0. The minimum atomic E-state index is -0.502. The van der Waals surface area contributed by atoms with Crippen molar-refractivity contribution in [1.82, 2.24) is 4.90 Å². The molecule has 1 unspecified atom stereocenters. The summed E-state index contributed by atoms with van der Waals surface area (Å²) in [4.78, 5) is 24.8. The number of carbonyl (C=O) groups excluding carboxylic acids is 2. The lowest BCUT2D eigenvalue weighted by Gasteiger charge is -2.19. The molecule has 4 nitrogen and oxygen atoms in total. The number of carbonyl (C=O) groups is 2. The standard InChI is InChI=1S/C12H17NO3/c1-7(2)9-6-10(13(3)11(9)14)16-12(15)8-4-5-8/h6-8,10H,4-5H2,1-3H3. The summed E-state index contributed by atoms with van der Waals surface area (Å²) < 4.78 is 5.29. The van der Waals surface area contributed by atoms with Crippen LogP contribution in [0.2, 0.25) is 0 Å². The summed E-state index contributed by atoms with van der Waals surface area (Å²) >= 11 is 0. The van der Waals surface area contributed by atoms with Crippen molar-refractivity contribution in [3.05, 3.63) is 11.6 Å². The first-order valence-electron chi connectivity index (χ1n) is 5.70. The highest BCUT2D eigenvalue weighted by Gasteiger charge is 2.37. The van der Waals surface area contributed by atoms with Gasteiger partial charge in [-0.3, -0.25) is 9.59 Å². The maximum absolute atomic E-state index is 11.8. The van der Waals surface area contributed by atoms with Gasteiger partial charge in [-0.05, 0) is 24.8 Å². The Kier molecular flexibility index (Phi) is 2.74. The zero-order chi connectivity index (χ0) is 11.9. The molecule has 0 radical (unpaired) electrons. The average molecular weight is 223 g/mol. The molecule has 1 heterocycles. The van der Waals surface area contributed by atoms with Crippen molar-refractivity contribution in [1.29, 1.82) is 0 Å². The highest BCUT2D eigenvalue weighted by molar-refractivity contribution is 5.96. The molecule has 0 aromatic carbocycles. The molecule has 0 N–H and O–H groups in total. The lowest BCUT2D eigenvalue weighted by Crippen LogP contribution is -2.34. The van der Waals surface area contributed by atoms with E-state index in [9.17, 15) is 9.59 Å². The SMILES string of the molecule is CC(C)C1=CC(OC(=O)C2CC2)N(C)C1=O. The van der Waals surface area contributed by atoms with Crippen LogP contribution in [0.5, 0.6) is 0 Å². The third-order valence-electron chi connectivity index (χ3n) is 3.04. The molecular weight excluding hydrogens is 206 g/mol. The maximum atomic E-state index is 11.8. The van der Waals surface area contributed by atoms with Crippen molar-refractivity contribution in [3.63, 3.8) is 0 Å². The Balaban J connectivity index is 2.04. The Labute approximate surface area is 95.2 Å². The molecular formula is C12H17NO3. The predicted molar refractivity (Wildman–Crippen MR) is 58.3 cm³/mol. The van der Waals surface area contributed by atoms with Gasteiger partial charge in [-0.1, -0.05) is 13.8 Å². The van der Waals surface area contributed by atoms with Gasteiger partial charge >= 0.3 is 5.97 Å². The van der Waals surface area contributed by atoms with Gasteiger partial charge in [0.2, 0.25) is 0 Å². The first kappa shape index (κ1) is 11.2. The van der Waals surface area contributed by atoms with E-state index >= 15 is 0 Å². The van der Waals surface area contributed by atoms with Crippen LogP contribution in [0.15, 0.2) is 11.6 Å². The van der Waals surface area contributed by atoms with Gasteiger partial charge in [-0.25, -0.2) is 0 Å². The molecule has 1 amide bonds. The molecule has 0 saturated heterocycles. The molecule has 0 aromatic rings. The van der Waals surface area contributed by atoms with Gasteiger partial charge < -0.3 is 9.64 Å². The smallest absolute Gasteiger partial charge is 0.311 e. The first-order valence-corrected chi connectivity index (χ1v) is 5.70. The molecule has 1 fully saturated rings. The van der Waals surface area contributed by atoms with Crippen LogP contribution in [0.4, 0.5) is 0 Å². The normalized spacial score (nSPS) is 25.0. The molecule has 1 atom stereocenters. The second-order valence-electron chi connectivity index (χ2n) is 4.79. The van der Waals surface area contributed by atoms with E-state index in [0.717, 1.165) is 18.4 Å². The fourth-order valence-electron chi connectivity index (χ4n) is 1.74. The second-order valence-corrected chi connectivity index (χ2v) is 4.79. The highest BCUT2D eigenvalue weighted by Crippen LogP contribution is 2.32. The van der Waals surface area contributed by atoms with E-state index in [1.165, 1.54) is 4.90 Å². The Bertz CT molecular complexity index is 355. The number of hydrogen-bond acceptors (Lipinski definition) is 3. The van der Waals surface area contributed by atoms with E-state index < -0.39 is 6.23 Å². The number of esters is 1. The fraction of sp³-hybridized carbons (Fsp3) is 0.667.